The average Bonchev–Trinajstić information content (AvgIpc) is 3.18. The topological polar surface area (TPSA) is 89.2 Å². The molecule has 2 aromatic heterocycles. The van der Waals surface area contributed by atoms with Crippen LogP contribution in [-0.4, -0.2) is 56.4 Å². The fourth-order valence-corrected chi connectivity index (χ4v) is 3.50. The first-order valence-corrected chi connectivity index (χ1v) is 9.52. The molecule has 0 spiro atoms. The van der Waals surface area contributed by atoms with E-state index in [1.165, 1.54) is 0 Å². The molecule has 146 valence electrons. The summed E-state index contributed by atoms with van der Waals surface area (Å²) in [5, 5.41) is 18.7. The minimum absolute atomic E-state index is 0.171. The Morgan fingerprint density at radius 3 is 2.62 bits per heavy atom. The predicted octanol–water partition coefficient (Wildman–Crippen LogP) is 2.73. The van der Waals surface area contributed by atoms with Crippen molar-refractivity contribution in [2.24, 2.45) is 0 Å². The summed E-state index contributed by atoms with van der Waals surface area (Å²) in [6.45, 7) is 4.76. The van der Waals surface area contributed by atoms with Crippen LogP contribution in [0.15, 0.2) is 48.5 Å². The lowest BCUT2D eigenvalue weighted by molar-refractivity contribution is 0.122. The number of phenols is 1. The smallest absolute Gasteiger partial charge is 0.189 e. The van der Waals surface area contributed by atoms with Crippen molar-refractivity contribution in [3.05, 3.63) is 54.1 Å². The molecule has 0 bridgehead atoms. The third kappa shape index (κ3) is 3.27. The van der Waals surface area contributed by atoms with E-state index in [4.69, 9.17) is 14.7 Å². The summed E-state index contributed by atoms with van der Waals surface area (Å²) < 4.78 is 7.23. The molecule has 8 nitrogen and oxygen atoms in total. The molecule has 1 N–H and O–H groups in total. The van der Waals surface area contributed by atoms with Gasteiger partial charge in [-0.2, -0.15) is 4.68 Å². The van der Waals surface area contributed by atoms with Crippen molar-refractivity contribution in [1.82, 2.24) is 25.0 Å². The molecule has 0 radical (unpaired) electrons. The lowest BCUT2D eigenvalue weighted by Crippen LogP contribution is -2.37. The molecule has 0 unspecified atom stereocenters. The van der Waals surface area contributed by atoms with Crippen LogP contribution in [0.2, 0.25) is 0 Å². The van der Waals surface area contributed by atoms with Gasteiger partial charge in [0, 0.05) is 18.7 Å². The number of aryl methyl sites for hydroxylation is 1. The second-order valence-corrected chi connectivity index (χ2v) is 7.03. The van der Waals surface area contributed by atoms with Crippen LogP contribution in [0.1, 0.15) is 5.56 Å². The number of benzene rings is 2. The van der Waals surface area contributed by atoms with Gasteiger partial charge in [-0.1, -0.05) is 29.5 Å². The highest BCUT2D eigenvalue weighted by atomic mass is 16.5. The Morgan fingerprint density at radius 1 is 1.00 bits per heavy atom. The third-order valence-corrected chi connectivity index (χ3v) is 4.94. The first kappa shape index (κ1) is 17.6. The van der Waals surface area contributed by atoms with Gasteiger partial charge in [0.1, 0.15) is 5.75 Å². The maximum atomic E-state index is 9.92. The molecule has 3 heterocycles. The zero-order chi connectivity index (χ0) is 19.8. The Hall–Kier alpha value is -3.52. The number of aromatic nitrogens is 5. The van der Waals surface area contributed by atoms with Gasteiger partial charge >= 0.3 is 0 Å². The first-order chi connectivity index (χ1) is 14.2. The number of rotatable bonds is 3. The molecule has 1 aliphatic heterocycles. The normalized spacial score (nSPS) is 14.4. The molecule has 0 aliphatic carbocycles. The van der Waals surface area contributed by atoms with Crippen LogP contribution in [-0.2, 0) is 4.74 Å². The number of hydrogen-bond donors (Lipinski definition) is 1. The average molecular weight is 388 g/mol. The Labute approximate surface area is 167 Å². The molecular formula is C21H20N6O2. The minimum atomic E-state index is 0.171. The molecule has 4 aromatic rings. The summed E-state index contributed by atoms with van der Waals surface area (Å²) in [6.07, 6.45) is 0. The first-order valence-electron chi connectivity index (χ1n) is 9.52. The number of nitrogens with zero attached hydrogens (tertiary/aromatic N) is 6. The SMILES string of the molecule is Cc1cccc(-n2nnc3c(N4CCOCC4)nc(-c4cccc(O)c4)nc32)c1. The van der Waals surface area contributed by atoms with Gasteiger partial charge < -0.3 is 14.7 Å². The van der Waals surface area contributed by atoms with E-state index in [-0.39, 0.29) is 5.75 Å². The van der Waals surface area contributed by atoms with Crippen molar-refractivity contribution in [2.45, 2.75) is 6.92 Å². The highest BCUT2D eigenvalue weighted by Gasteiger charge is 2.22. The van der Waals surface area contributed by atoms with Crippen LogP contribution >= 0.6 is 0 Å². The summed E-state index contributed by atoms with van der Waals surface area (Å²) in [5.41, 5.74) is 4.03. The van der Waals surface area contributed by atoms with E-state index in [1.807, 2.05) is 37.3 Å². The second-order valence-electron chi connectivity index (χ2n) is 7.03. The van der Waals surface area contributed by atoms with Gasteiger partial charge in [0.25, 0.3) is 0 Å². The van der Waals surface area contributed by atoms with Crippen LogP contribution in [0.5, 0.6) is 5.75 Å². The van der Waals surface area contributed by atoms with E-state index in [0.717, 1.165) is 35.7 Å². The van der Waals surface area contributed by atoms with Crippen LogP contribution in [0.25, 0.3) is 28.2 Å². The van der Waals surface area contributed by atoms with Gasteiger partial charge in [-0.3, -0.25) is 0 Å². The maximum absolute atomic E-state index is 9.92. The fraction of sp³-hybridized carbons (Fsp3) is 0.238. The summed E-state index contributed by atoms with van der Waals surface area (Å²) in [4.78, 5) is 11.7. The molecule has 1 saturated heterocycles. The summed E-state index contributed by atoms with van der Waals surface area (Å²) in [7, 11) is 0. The van der Waals surface area contributed by atoms with Gasteiger partial charge in [0.15, 0.2) is 22.8 Å². The van der Waals surface area contributed by atoms with E-state index >= 15 is 0 Å². The van der Waals surface area contributed by atoms with Crippen molar-refractivity contribution < 1.29 is 9.84 Å². The predicted molar refractivity (Wildman–Crippen MR) is 109 cm³/mol. The Bertz CT molecular complexity index is 1180. The highest BCUT2D eigenvalue weighted by molar-refractivity contribution is 5.86. The maximum Gasteiger partial charge on any atom is 0.189 e. The molecule has 0 saturated carbocycles. The van der Waals surface area contributed by atoms with Crippen LogP contribution in [0, 0.1) is 6.92 Å². The van der Waals surface area contributed by atoms with Crippen molar-refractivity contribution in [3.8, 4) is 22.8 Å². The molecule has 8 heteroatoms. The summed E-state index contributed by atoms with van der Waals surface area (Å²) in [5.74, 6) is 1.42. The standard InChI is InChI=1S/C21H20N6O2/c1-14-4-2-6-16(12-14)27-21-18(24-25-27)20(26-8-10-29-11-9-26)22-19(23-21)15-5-3-7-17(28)13-15/h2-7,12-13,28H,8-11H2,1H3. The van der Waals surface area contributed by atoms with Crippen LogP contribution < -0.4 is 4.90 Å². The number of aromatic hydroxyl groups is 1. The molecule has 1 fully saturated rings. The Kier molecular flexibility index (Phi) is 4.33. The third-order valence-electron chi connectivity index (χ3n) is 4.94. The monoisotopic (exact) mass is 388 g/mol. The zero-order valence-corrected chi connectivity index (χ0v) is 16.0. The highest BCUT2D eigenvalue weighted by Crippen LogP contribution is 2.29. The summed E-state index contributed by atoms with van der Waals surface area (Å²) in [6, 6.07) is 15.0. The Morgan fingerprint density at radius 2 is 1.83 bits per heavy atom. The van der Waals surface area contributed by atoms with E-state index < -0.39 is 0 Å². The van der Waals surface area contributed by atoms with Gasteiger partial charge in [-0.05, 0) is 36.8 Å². The van der Waals surface area contributed by atoms with E-state index in [0.29, 0.717) is 30.2 Å². The van der Waals surface area contributed by atoms with Crippen molar-refractivity contribution >= 4 is 17.0 Å². The number of phenolic OH excluding ortho intramolecular Hbond substituents is 1. The van der Waals surface area contributed by atoms with E-state index in [2.05, 4.69) is 15.2 Å². The van der Waals surface area contributed by atoms with Crippen molar-refractivity contribution in [1.29, 1.82) is 0 Å². The largest absolute Gasteiger partial charge is 0.508 e. The number of fused-ring (bicyclic) bond motifs is 1. The molecule has 5 rings (SSSR count). The van der Waals surface area contributed by atoms with E-state index in [9.17, 15) is 5.11 Å². The quantitative estimate of drug-likeness (QED) is 0.577. The minimum Gasteiger partial charge on any atom is -0.508 e. The molecule has 0 amide bonds. The number of anilines is 1. The zero-order valence-electron chi connectivity index (χ0n) is 16.0. The van der Waals surface area contributed by atoms with Gasteiger partial charge in [0.2, 0.25) is 0 Å². The second kappa shape index (κ2) is 7.14. The molecule has 0 atom stereocenters. The fourth-order valence-electron chi connectivity index (χ4n) is 3.50. The van der Waals surface area contributed by atoms with E-state index in [1.54, 1.807) is 22.9 Å². The number of hydrogen-bond acceptors (Lipinski definition) is 7. The Balaban J connectivity index is 1.74. The summed E-state index contributed by atoms with van der Waals surface area (Å²) >= 11 is 0. The van der Waals surface area contributed by atoms with Gasteiger partial charge in [-0.15, -0.1) is 5.10 Å². The van der Waals surface area contributed by atoms with Gasteiger partial charge in [-0.25, -0.2) is 9.97 Å². The van der Waals surface area contributed by atoms with Crippen LogP contribution in [0.4, 0.5) is 5.82 Å². The van der Waals surface area contributed by atoms with Crippen molar-refractivity contribution in [2.75, 3.05) is 31.2 Å². The molecular weight excluding hydrogens is 368 g/mol. The lowest BCUT2D eigenvalue weighted by Gasteiger charge is -2.27. The van der Waals surface area contributed by atoms with Gasteiger partial charge in [0.05, 0.1) is 18.9 Å². The molecule has 2 aromatic carbocycles. The number of ether oxygens (including phenoxy) is 1. The number of morpholine rings is 1. The molecule has 1 aliphatic rings. The molecule has 29 heavy (non-hydrogen) atoms. The lowest BCUT2D eigenvalue weighted by atomic mass is 10.2. The van der Waals surface area contributed by atoms with Crippen molar-refractivity contribution in [3.63, 3.8) is 0 Å². The van der Waals surface area contributed by atoms with Crippen LogP contribution in [0.3, 0.4) is 0 Å².